The van der Waals surface area contributed by atoms with Crippen LogP contribution in [0.1, 0.15) is 21.5 Å². The standard InChI is InChI=1S/C15H18N4O/c1-3-19-11-13(10-18-19)9-17-8-12-4-6-14(7-5-12)15(20)16-2/h3-7,10-11,17H,1,8-9H2,2H3,(H,16,20). The Labute approximate surface area is 118 Å². The SMILES string of the molecule is C=Cn1cc(CNCc2ccc(C(=O)NC)cc2)cn1. The zero-order valence-electron chi connectivity index (χ0n) is 11.5. The third-order valence-electron chi connectivity index (χ3n) is 2.94. The van der Waals surface area contributed by atoms with Gasteiger partial charge in [-0.25, -0.2) is 4.68 Å². The Bertz CT molecular complexity index is 586. The fourth-order valence-electron chi connectivity index (χ4n) is 1.84. The molecule has 1 amide bonds. The van der Waals surface area contributed by atoms with E-state index in [0.29, 0.717) is 5.56 Å². The molecule has 1 aromatic carbocycles. The normalized spacial score (nSPS) is 10.2. The number of carbonyl (C=O) groups is 1. The second-order valence-corrected chi connectivity index (χ2v) is 4.39. The van der Waals surface area contributed by atoms with Crippen LogP contribution in [0.5, 0.6) is 0 Å². The molecule has 0 radical (unpaired) electrons. The molecule has 0 aliphatic heterocycles. The van der Waals surface area contributed by atoms with Crippen molar-refractivity contribution in [3.63, 3.8) is 0 Å². The molecule has 20 heavy (non-hydrogen) atoms. The summed E-state index contributed by atoms with van der Waals surface area (Å²) in [6.07, 6.45) is 5.39. The summed E-state index contributed by atoms with van der Waals surface area (Å²) in [6.45, 7) is 5.13. The first-order chi connectivity index (χ1) is 9.72. The van der Waals surface area contributed by atoms with Crippen molar-refractivity contribution in [3.8, 4) is 0 Å². The van der Waals surface area contributed by atoms with Crippen LogP contribution in [0.25, 0.3) is 6.20 Å². The van der Waals surface area contributed by atoms with Crippen molar-refractivity contribution in [2.45, 2.75) is 13.1 Å². The summed E-state index contributed by atoms with van der Waals surface area (Å²) in [7, 11) is 1.63. The third-order valence-corrected chi connectivity index (χ3v) is 2.94. The first kappa shape index (κ1) is 14.0. The largest absolute Gasteiger partial charge is 0.355 e. The van der Waals surface area contributed by atoms with Crippen molar-refractivity contribution in [1.82, 2.24) is 20.4 Å². The minimum atomic E-state index is -0.0682. The van der Waals surface area contributed by atoms with Crippen molar-refractivity contribution >= 4 is 12.1 Å². The highest BCUT2D eigenvalue weighted by Gasteiger charge is 2.02. The lowest BCUT2D eigenvalue weighted by atomic mass is 10.1. The summed E-state index contributed by atoms with van der Waals surface area (Å²) in [5.41, 5.74) is 2.91. The molecule has 104 valence electrons. The number of aromatic nitrogens is 2. The number of nitrogens with zero attached hydrogens (tertiary/aromatic N) is 2. The third kappa shape index (κ3) is 3.55. The van der Waals surface area contributed by atoms with Crippen molar-refractivity contribution in [2.24, 2.45) is 0 Å². The second-order valence-electron chi connectivity index (χ2n) is 4.39. The molecule has 0 spiro atoms. The Hall–Kier alpha value is -2.40. The average molecular weight is 270 g/mol. The van der Waals surface area contributed by atoms with Crippen LogP contribution in [0.2, 0.25) is 0 Å². The van der Waals surface area contributed by atoms with Crippen molar-refractivity contribution < 1.29 is 4.79 Å². The fourth-order valence-corrected chi connectivity index (χ4v) is 1.84. The van der Waals surface area contributed by atoms with E-state index in [1.165, 1.54) is 0 Å². The first-order valence-corrected chi connectivity index (χ1v) is 6.40. The monoisotopic (exact) mass is 270 g/mol. The lowest BCUT2D eigenvalue weighted by molar-refractivity contribution is 0.0963. The van der Waals surface area contributed by atoms with Crippen LogP contribution >= 0.6 is 0 Å². The van der Waals surface area contributed by atoms with Gasteiger partial charge in [0.2, 0.25) is 0 Å². The van der Waals surface area contributed by atoms with Gasteiger partial charge in [-0.3, -0.25) is 4.79 Å². The van der Waals surface area contributed by atoms with Crippen LogP contribution in [0.3, 0.4) is 0 Å². The van der Waals surface area contributed by atoms with E-state index in [9.17, 15) is 4.79 Å². The molecule has 5 heteroatoms. The zero-order chi connectivity index (χ0) is 14.4. The van der Waals surface area contributed by atoms with Crippen LogP contribution in [0, 0.1) is 0 Å². The van der Waals surface area contributed by atoms with Crippen molar-refractivity contribution in [1.29, 1.82) is 0 Å². The summed E-state index contributed by atoms with van der Waals surface area (Å²) in [4.78, 5) is 11.4. The van der Waals surface area contributed by atoms with Gasteiger partial charge in [0.1, 0.15) is 0 Å². The Kier molecular flexibility index (Phi) is 4.68. The zero-order valence-corrected chi connectivity index (χ0v) is 11.5. The minimum absolute atomic E-state index is 0.0682. The number of hydrogen-bond donors (Lipinski definition) is 2. The molecule has 0 saturated heterocycles. The molecule has 0 bridgehead atoms. The molecular weight excluding hydrogens is 252 g/mol. The molecular formula is C15H18N4O. The van der Waals surface area contributed by atoms with Gasteiger partial charge in [0, 0.05) is 43.7 Å². The van der Waals surface area contributed by atoms with Crippen molar-refractivity contribution in [3.05, 3.63) is 59.9 Å². The lowest BCUT2D eigenvalue weighted by Crippen LogP contribution is -2.18. The maximum absolute atomic E-state index is 11.4. The Morgan fingerprint density at radius 2 is 2.00 bits per heavy atom. The number of nitrogens with one attached hydrogen (secondary N) is 2. The van der Waals surface area contributed by atoms with Gasteiger partial charge in [-0.2, -0.15) is 5.10 Å². The molecule has 0 unspecified atom stereocenters. The Morgan fingerprint density at radius 1 is 1.30 bits per heavy atom. The highest BCUT2D eigenvalue weighted by Crippen LogP contribution is 2.05. The molecule has 5 nitrogen and oxygen atoms in total. The number of carbonyl (C=O) groups excluding carboxylic acids is 1. The predicted octanol–water partition coefficient (Wildman–Crippen LogP) is 1.63. The maximum Gasteiger partial charge on any atom is 0.251 e. The molecule has 0 aliphatic carbocycles. The van der Waals surface area contributed by atoms with Gasteiger partial charge in [0.15, 0.2) is 0 Å². The molecule has 0 fully saturated rings. The van der Waals surface area contributed by atoms with E-state index in [1.807, 2.05) is 36.7 Å². The highest BCUT2D eigenvalue weighted by atomic mass is 16.1. The van der Waals surface area contributed by atoms with Crippen LogP contribution in [-0.2, 0) is 13.1 Å². The van der Waals surface area contributed by atoms with Gasteiger partial charge in [-0.1, -0.05) is 18.7 Å². The topological polar surface area (TPSA) is 59.0 Å². The summed E-state index contributed by atoms with van der Waals surface area (Å²) in [5.74, 6) is -0.0682. The Balaban J connectivity index is 1.84. The van der Waals surface area contributed by atoms with Crippen LogP contribution in [0.4, 0.5) is 0 Å². The first-order valence-electron chi connectivity index (χ1n) is 6.40. The van der Waals surface area contributed by atoms with Crippen molar-refractivity contribution in [2.75, 3.05) is 7.05 Å². The van der Waals surface area contributed by atoms with Crippen LogP contribution < -0.4 is 10.6 Å². The molecule has 1 aromatic heterocycles. The smallest absolute Gasteiger partial charge is 0.251 e. The fraction of sp³-hybridized carbons (Fsp3) is 0.200. The molecule has 2 aromatic rings. The molecule has 2 N–H and O–H groups in total. The predicted molar refractivity (Wildman–Crippen MR) is 79.0 cm³/mol. The maximum atomic E-state index is 11.4. The van der Waals surface area contributed by atoms with Gasteiger partial charge in [-0.15, -0.1) is 0 Å². The van der Waals surface area contributed by atoms with Crippen LogP contribution in [0.15, 0.2) is 43.2 Å². The summed E-state index contributed by atoms with van der Waals surface area (Å²) in [6, 6.07) is 7.55. The van der Waals surface area contributed by atoms with E-state index < -0.39 is 0 Å². The highest BCUT2D eigenvalue weighted by molar-refractivity contribution is 5.93. The molecule has 2 rings (SSSR count). The number of benzene rings is 1. The van der Waals surface area contributed by atoms with Gasteiger partial charge in [0.05, 0.1) is 6.20 Å². The van der Waals surface area contributed by atoms with E-state index in [1.54, 1.807) is 17.9 Å². The molecule has 0 atom stereocenters. The minimum Gasteiger partial charge on any atom is -0.355 e. The van der Waals surface area contributed by atoms with Gasteiger partial charge in [0.25, 0.3) is 5.91 Å². The Morgan fingerprint density at radius 3 is 2.60 bits per heavy atom. The van der Waals surface area contributed by atoms with Gasteiger partial charge in [-0.05, 0) is 17.7 Å². The lowest BCUT2D eigenvalue weighted by Gasteiger charge is -2.05. The summed E-state index contributed by atoms with van der Waals surface area (Å²) >= 11 is 0. The molecule has 1 heterocycles. The van der Waals surface area contributed by atoms with E-state index in [-0.39, 0.29) is 5.91 Å². The number of hydrogen-bond acceptors (Lipinski definition) is 3. The van der Waals surface area contributed by atoms with Gasteiger partial charge < -0.3 is 10.6 Å². The number of rotatable bonds is 6. The van der Waals surface area contributed by atoms with Crippen LogP contribution in [-0.4, -0.2) is 22.7 Å². The quantitative estimate of drug-likeness (QED) is 0.839. The van der Waals surface area contributed by atoms with E-state index in [0.717, 1.165) is 24.2 Å². The van der Waals surface area contributed by atoms with Gasteiger partial charge >= 0.3 is 0 Å². The number of amides is 1. The van der Waals surface area contributed by atoms with E-state index in [2.05, 4.69) is 22.3 Å². The van der Waals surface area contributed by atoms with E-state index >= 15 is 0 Å². The second kappa shape index (κ2) is 6.68. The summed E-state index contributed by atoms with van der Waals surface area (Å²) < 4.78 is 1.68. The molecule has 0 saturated carbocycles. The van der Waals surface area contributed by atoms with E-state index in [4.69, 9.17) is 0 Å². The average Bonchev–Trinajstić information content (AvgIpc) is 2.95. The summed E-state index contributed by atoms with van der Waals surface area (Å²) in [5, 5.41) is 10.0. The molecule has 0 aliphatic rings.